The largest absolute Gasteiger partial charge is 0.373 e. The SMILES string of the molecule is CNc1ccc(S(=O)(=O)NCC(N)=O)cn1. The van der Waals surface area contributed by atoms with Crippen LogP contribution in [0, 0.1) is 0 Å². The molecular weight excluding hydrogens is 232 g/mol. The van der Waals surface area contributed by atoms with E-state index >= 15 is 0 Å². The van der Waals surface area contributed by atoms with Crippen molar-refractivity contribution in [3.63, 3.8) is 0 Å². The average molecular weight is 244 g/mol. The first kappa shape index (κ1) is 12.4. The molecule has 4 N–H and O–H groups in total. The van der Waals surface area contributed by atoms with E-state index in [4.69, 9.17) is 5.73 Å². The van der Waals surface area contributed by atoms with Crippen molar-refractivity contribution < 1.29 is 13.2 Å². The van der Waals surface area contributed by atoms with Crippen LogP contribution in [0.2, 0.25) is 0 Å². The Balaban J connectivity index is 2.85. The van der Waals surface area contributed by atoms with E-state index in [2.05, 4.69) is 10.3 Å². The second-order valence-corrected chi connectivity index (χ2v) is 4.69. The first-order chi connectivity index (χ1) is 7.45. The number of nitrogens with one attached hydrogen (secondary N) is 2. The molecule has 0 aliphatic heterocycles. The number of aromatic nitrogens is 1. The minimum atomic E-state index is -3.72. The fraction of sp³-hybridized carbons (Fsp3) is 0.250. The van der Waals surface area contributed by atoms with E-state index < -0.39 is 22.5 Å². The molecule has 0 bridgehead atoms. The third kappa shape index (κ3) is 3.17. The van der Waals surface area contributed by atoms with Crippen molar-refractivity contribution in [1.82, 2.24) is 9.71 Å². The average Bonchev–Trinajstić information content (AvgIpc) is 2.27. The minimum Gasteiger partial charge on any atom is -0.373 e. The van der Waals surface area contributed by atoms with Gasteiger partial charge in [-0.3, -0.25) is 4.79 Å². The van der Waals surface area contributed by atoms with E-state index in [1.54, 1.807) is 7.05 Å². The van der Waals surface area contributed by atoms with Gasteiger partial charge in [0.25, 0.3) is 0 Å². The van der Waals surface area contributed by atoms with Crippen molar-refractivity contribution in [2.45, 2.75) is 4.90 Å². The molecule has 7 nitrogen and oxygen atoms in total. The van der Waals surface area contributed by atoms with Crippen LogP contribution in [0.5, 0.6) is 0 Å². The monoisotopic (exact) mass is 244 g/mol. The van der Waals surface area contributed by atoms with Crippen LogP contribution in [-0.2, 0) is 14.8 Å². The summed E-state index contributed by atoms with van der Waals surface area (Å²) in [6, 6.07) is 2.89. The summed E-state index contributed by atoms with van der Waals surface area (Å²) in [4.78, 5) is 14.3. The second kappa shape index (κ2) is 4.90. The van der Waals surface area contributed by atoms with Gasteiger partial charge < -0.3 is 11.1 Å². The molecule has 0 saturated heterocycles. The van der Waals surface area contributed by atoms with E-state index in [0.29, 0.717) is 5.82 Å². The number of nitrogens with zero attached hydrogens (tertiary/aromatic N) is 1. The van der Waals surface area contributed by atoms with Crippen LogP contribution < -0.4 is 15.8 Å². The lowest BCUT2D eigenvalue weighted by molar-refractivity contribution is -0.116. The number of hydrogen-bond acceptors (Lipinski definition) is 5. The third-order valence-electron chi connectivity index (χ3n) is 1.74. The van der Waals surface area contributed by atoms with Gasteiger partial charge in [0, 0.05) is 13.2 Å². The highest BCUT2D eigenvalue weighted by Crippen LogP contribution is 2.09. The maximum Gasteiger partial charge on any atom is 0.242 e. The molecule has 0 aromatic carbocycles. The van der Waals surface area contributed by atoms with E-state index in [0.717, 1.165) is 0 Å². The fourth-order valence-corrected chi connectivity index (χ4v) is 1.87. The molecule has 0 aliphatic carbocycles. The van der Waals surface area contributed by atoms with Gasteiger partial charge in [-0.2, -0.15) is 0 Å². The molecule has 1 amide bonds. The molecule has 0 saturated carbocycles. The third-order valence-corrected chi connectivity index (χ3v) is 3.13. The van der Waals surface area contributed by atoms with Crippen molar-refractivity contribution in [3.05, 3.63) is 18.3 Å². The predicted octanol–water partition coefficient (Wildman–Crippen LogP) is -1.11. The molecule has 0 atom stereocenters. The van der Waals surface area contributed by atoms with Gasteiger partial charge in [0.15, 0.2) is 0 Å². The van der Waals surface area contributed by atoms with Crippen molar-refractivity contribution >= 4 is 21.7 Å². The van der Waals surface area contributed by atoms with E-state index in [-0.39, 0.29) is 4.90 Å². The van der Waals surface area contributed by atoms with Crippen LogP contribution in [0.15, 0.2) is 23.2 Å². The standard InChI is InChI=1S/C8H12N4O3S/c1-10-8-3-2-6(4-11-8)16(14,15)12-5-7(9)13/h2-4,12H,5H2,1H3,(H2,9,13)(H,10,11). The maximum atomic E-state index is 11.6. The van der Waals surface area contributed by atoms with Gasteiger partial charge in [0.05, 0.1) is 6.54 Å². The van der Waals surface area contributed by atoms with Crippen LogP contribution >= 0.6 is 0 Å². The van der Waals surface area contributed by atoms with E-state index in [1.165, 1.54) is 18.3 Å². The predicted molar refractivity (Wildman–Crippen MR) is 58.2 cm³/mol. The summed E-state index contributed by atoms with van der Waals surface area (Å²) < 4.78 is 25.2. The van der Waals surface area contributed by atoms with Crippen LogP contribution in [-0.4, -0.2) is 32.9 Å². The molecule has 1 rings (SSSR count). The van der Waals surface area contributed by atoms with Crippen molar-refractivity contribution in [3.8, 4) is 0 Å². The summed E-state index contributed by atoms with van der Waals surface area (Å²) in [5, 5.41) is 2.76. The molecule has 0 fully saturated rings. The number of pyridine rings is 1. The minimum absolute atomic E-state index is 0.0206. The lowest BCUT2D eigenvalue weighted by atomic mass is 10.5. The highest BCUT2D eigenvalue weighted by Gasteiger charge is 2.14. The van der Waals surface area contributed by atoms with E-state index in [9.17, 15) is 13.2 Å². The first-order valence-electron chi connectivity index (χ1n) is 4.37. The fourth-order valence-electron chi connectivity index (χ4n) is 0.937. The second-order valence-electron chi connectivity index (χ2n) is 2.92. The molecule has 16 heavy (non-hydrogen) atoms. The zero-order chi connectivity index (χ0) is 12.2. The van der Waals surface area contributed by atoms with Gasteiger partial charge in [-0.05, 0) is 12.1 Å². The number of sulfonamides is 1. The highest BCUT2D eigenvalue weighted by molar-refractivity contribution is 7.89. The zero-order valence-corrected chi connectivity index (χ0v) is 9.41. The number of carbonyl (C=O) groups is 1. The lowest BCUT2D eigenvalue weighted by Gasteiger charge is -2.05. The smallest absolute Gasteiger partial charge is 0.242 e. The molecule has 0 radical (unpaired) electrons. The quantitative estimate of drug-likeness (QED) is 0.607. The molecule has 1 aromatic heterocycles. The van der Waals surface area contributed by atoms with E-state index in [1.807, 2.05) is 4.72 Å². The number of nitrogens with two attached hydrogens (primary N) is 1. The first-order valence-corrected chi connectivity index (χ1v) is 5.86. The van der Waals surface area contributed by atoms with Crippen molar-refractivity contribution in [2.75, 3.05) is 18.9 Å². The summed E-state index contributed by atoms with van der Waals surface area (Å²) in [5.74, 6) is -0.197. The summed E-state index contributed by atoms with van der Waals surface area (Å²) in [5.41, 5.74) is 4.83. The molecule has 0 unspecified atom stereocenters. The summed E-state index contributed by atoms with van der Waals surface area (Å²) in [7, 11) is -2.05. The molecule has 0 aliphatic rings. The normalized spacial score (nSPS) is 11.1. The van der Waals surface area contributed by atoms with Gasteiger partial charge in [-0.15, -0.1) is 0 Å². The summed E-state index contributed by atoms with van der Waals surface area (Å²) >= 11 is 0. The van der Waals surface area contributed by atoms with Crippen molar-refractivity contribution in [2.24, 2.45) is 5.73 Å². The molecule has 88 valence electrons. The Hall–Kier alpha value is -1.67. The molecular formula is C8H12N4O3S. The number of carbonyl (C=O) groups excluding carboxylic acids is 1. The van der Waals surface area contributed by atoms with Gasteiger partial charge in [0.1, 0.15) is 10.7 Å². The summed E-state index contributed by atoms with van der Waals surface area (Å²) in [6.07, 6.45) is 1.19. The maximum absolute atomic E-state index is 11.6. The molecule has 1 heterocycles. The number of amides is 1. The molecule has 0 spiro atoms. The van der Waals surface area contributed by atoms with Crippen molar-refractivity contribution in [1.29, 1.82) is 0 Å². The van der Waals surface area contributed by atoms with Crippen LogP contribution in [0.25, 0.3) is 0 Å². The topological polar surface area (TPSA) is 114 Å². The van der Waals surface area contributed by atoms with Gasteiger partial charge in [-0.25, -0.2) is 18.1 Å². The summed E-state index contributed by atoms with van der Waals surface area (Å²) in [6.45, 7) is -0.434. The Kier molecular flexibility index (Phi) is 3.80. The van der Waals surface area contributed by atoms with Crippen LogP contribution in [0.3, 0.4) is 0 Å². The lowest BCUT2D eigenvalue weighted by Crippen LogP contribution is -2.33. The Labute approximate surface area is 93.1 Å². The Bertz CT molecular complexity index is 469. The number of anilines is 1. The van der Waals surface area contributed by atoms with Gasteiger partial charge in [0.2, 0.25) is 15.9 Å². The van der Waals surface area contributed by atoms with Gasteiger partial charge in [-0.1, -0.05) is 0 Å². The number of primary amides is 1. The number of rotatable bonds is 5. The number of hydrogen-bond donors (Lipinski definition) is 3. The van der Waals surface area contributed by atoms with Crippen LogP contribution in [0.4, 0.5) is 5.82 Å². The van der Waals surface area contributed by atoms with Crippen LogP contribution in [0.1, 0.15) is 0 Å². The van der Waals surface area contributed by atoms with Gasteiger partial charge >= 0.3 is 0 Å². The Morgan fingerprint density at radius 1 is 1.50 bits per heavy atom. The highest BCUT2D eigenvalue weighted by atomic mass is 32.2. The Morgan fingerprint density at radius 2 is 2.19 bits per heavy atom. The molecule has 1 aromatic rings. The Morgan fingerprint density at radius 3 is 2.62 bits per heavy atom. The zero-order valence-electron chi connectivity index (χ0n) is 8.60. The molecule has 8 heteroatoms.